The Kier molecular flexibility index (Phi) is 3.84. The molecule has 0 bridgehead atoms. The van der Waals surface area contributed by atoms with Crippen LogP contribution in [0.15, 0.2) is 16.6 Å². The zero-order valence-electron chi connectivity index (χ0n) is 8.43. The summed E-state index contributed by atoms with van der Waals surface area (Å²) in [7, 11) is 0. The summed E-state index contributed by atoms with van der Waals surface area (Å²) in [4.78, 5) is 11.6. The van der Waals surface area contributed by atoms with Crippen molar-refractivity contribution in [3.05, 3.63) is 33.3 Å². The van der Waals surface area contributed by atoms with E-state index in [1.165, 1.54) is 0 Å². The number of hydrogen-bond donors (Lipinski definition) is 1. The maximum Gasteiger partial charge on any atom is 0.164 e. The predicted octanol–water partition coefficient (Wildman–Crippen LogP) is 2.60. The van der Waals surface area contributed by atoms with Crippen molar-refractivity contribution in [3.8, 4) is 0 Å². The Bertz CT molecular complexity index is 361. The normalized spacial score (nSPS) is 10.3. The maximum absolute atomic E-state index is 11.6. The van der Waals surface area contributed by atoms with Crippen molar-refractivity contribution >= 4 is 21.7 Å². The quantitative estimate of drug-likeness (QED) is 0.844. The van der Waals surface area contributed by atoms with E-state index in [9.17, 15) is 4.79 Å². The van der Waals surface area contributed by atoms with Crippen LogP contribution in [0.25, 0.3) is 0 Å². The molecule has 0 amide bonds. The molecule has 2 N–H and O–H groups in total. The summed E-state index contributed by atoms with van der Waals surface area (Å²) in [5.74, 6) is 0.126. The molecule has 0 atom stereocenters. The highest BCUT2D eigenvalue weighted by molar-refractivity contribution is 9.10. The molecule has 1 rings (SSSR count). The largest absolute Gasteiger partial charge is 0.330 e. The van der Waals surface area contributed by atoms with Crippen LogP contribution in [0.4, 0.5) is 0 Å². The third-order valence-corrected chi connectivity index (χ3v) is 3.25. The lowest BCUT2D eigenvalue weighted by Gasteiger charge is -2.08. The van der Waals surface area contributed by atoms with E-state index >= 15 is 0 Å². The van der Waals surface area contributed by atoms with Gasteiger partial charge in [0.05, 0.1) is 0 Å². The molecule has 0 saturated heterocycles. The lowest BCUT2D eigenvalue weighted by Crippen LogP contribution is -2.10. The van der Waals surface area contributed by atoms with E-state index in [4.69, 9.17) is 5.73 Å². The first-order valence-corrected chi connectivity index (χ1v) is 5.36. The molecule has 0 aliphatic carbocycles. The van der Waals surface area contributed by atoms with Gasteiger partial charge in [-0.15, -0.1) is 0 Å². The first-order chi connectivity index (χ1) is 6.57. The summed E-state index contributed by atoms with van der Waals surface area (Å²) in [6.45, 7) is 4.37. The Morgan fingerprint density at radius 3 is 2.57 bits per heavy atom. The third kappa shape index (κ3) is 2.22. The molecular weight excluding hydrogens is 242 g/mol. The molecule has 0 saturated carbocycles. The van der Waals surface area contributed by atoms with Gasteiger partial charge in [0, 0.05) is 16.5 Å². The number of ketones is 1. The van der Waals surface area contributed by atoms with Crippen LogP contribution in [0.1, 0.15) is 27.9 Å². The number of Topliss-reactive ketones (excluding diaryl/α,β-unsaturated/α-hetero) is 1. The number of carbonyl (C=O) groups is 1. The minimum atomic E-state index is 0.126. The summed E-state index contributed by atoms with van der Waals surface area (Å²) in [5, 5.41) is 0. The van der Waals surface area contributed by atoms with Crippen LogP contribution in [0.5, 0.6) is 0 Å². The number of benzene rings is 1. The van der Waals surface area contributed by atoms with Crippen LogP contribution in [0, 0.1) is 13.8 Å². The first kappa shape index (κ1) is 11.4. The van der Waals surface area contributed by atoms with Crippen LogP contribution in [-0.2, 0) is 0 Å². The van der Waals surface area contributed by atoms with Gasteiger partial charge < -0.3 is 5.73 Å². The highest BCUT2D eigenvalue weighted by Crippen LogP contribution is 2.23. The van der Waals surface area contributed by atoms with E-state index in [0.717, 1.165) is 21.2 Å². The Morgan fingerprint density at radius 1 is 1.36 bits per heavy atom. The Hall–Kier alpha value is -0.670. The van der Waals surface area contributed by atoms with Gasteiger partial charge in [0.25, 0.3) is 0 Å². The molecular formula is C11H14BrNO. The molecule has 0 aliphatic rings. The molecule has 0 radical (unpaired) electrons. The minimum absolute atomic E-state index is 0.126. The number of nitrogens with two attached hydrogens (primary N) is 1. The van der Waals surface area contributed by atoms with Crippen molar-refractivity contribution in [2.75, 3.05) is 6.54 Å². The molecule has 2 nitrogen and oxygen atoms in total. The summed E-state index contributed by atoms with van der Waals surface area (Å²) in [5.41, 5.74) is 8.30. The summed E-state index contributed by atoms with van der Waals surface area (Å²) in [6, 6.07) is 3.76. The summed E-state index contributed by atoms with van der Waals surface area (Å²) < 4.78 is 1.04. The number of halogens is 1. The van der Waals surface area contributed by atoms with E-state index in [1.807, 2.05) is 26.0 Å². The summed E-state index contributed by atoms with van der Waals surface area (Å²) >= 11 is 3.43. The monoisotopic (exact) mass is 255 g/mol. The number of carbonyl (C=O) groups excluding carboxylic acids is 1. The van der Waals surface area contributed by atoms with Crippen LogP contribution in [-0.4, -0.2) is 12.3 Å². The van der Waals surface area contributed by atoms with E-state index in [-0.39, 0.29) is 5.78 Å². The SMILES string of the molecule is Cc1c(Br)ccc(C(=O)CCN)c1C. The summed E-state index contributed by atoms with van der Waals surface area (Å²) in [6.07, 6.45) is 0.419. The molecule has 0 aromatic heterocycles. The van der Waals surface area contributed by atoms with E-state index < -0.39 is 0 Å². The first-order valence-electron chi connectivity index (χ1n) is 4.57. The van der Waals surface area contributed by atoms with Gasteiger partial charge in [0.1, 0.15) is 0 Å². The average Bonchev–Trinajstić information content (AvgIpc) is 2.15. The van der Waals surface area contributed by atoms with Crippen molar-refractivity contribution in [2.45, 2.75) is 20.3 Å². The molecule has 0 fully saturated rings. The third-order valence-electron chi connectivity index (χ3n) is 2.39. The van der Waals surface area contributed by atoms with Gasteiger partial charge in [-0.3, -0.25) is 4.79 Å². The van der Waals surface area contributed by atoms with Gasteiger partial charge in [0.15, 0.2) is 5.78 Å². The lowest BCUT2D eigenvalue weighted by atomic mass is 9.99. The van der Waals surface area contributed by atoms with Gasteiger partial charge in [-0.05, 0) is 37.6 Å². The fraction of sp³-hybridized carbons (Fsp3) is 0.364. The zero-order valence-corrected chi connectivity index (χ0v) is 10.0. The van der Waals surface area contributed by atoms with E-state index in [0.29, 0.717) is 13.0 Å². The van der Waals surface area contributed by atoms with E-state index in [2.05, 4.69) is 15.9 Å². The van der Waals surface area contributed by atoms with Crippen LogP contribution in [0.3, 0.4) is 0 Å². The Morgan fingerprint density at radius 2 is 2.00 bits per heavy atom. The van der Waals surface area contributed by atoms with Crippen LogP contribution >= 0.6 is 15.9 Å². The number of rotatable bonds is 3. The highest BCUT2D eigenvalue weighted by Gasteiger charge is 2.10. The molecule has 14 heavy (non-hydrogen) atoms. The Balaban J connectivity index is 3.11. The predicted molar refractivity (Wildman–Crippen MR) is 61.6 cm³/mol. The second kappa shape index (κ2) is 4.71. The van der Waals surface area contributed by atoms with Crippen molar-refractivity contribution in [1.29, 1.82) is 0 Å². The van der Waals surface area contributed by atoms with Gasteiger partial charge in [-0.25, -0.2) is 0 Å². The van der Waals surface area contributed by atoms with Gasteiger partial charge in [-0.2, -0.15) is 0 Å². The van der Waals surface area contributed by atoms with Crippen LogP contribution in [0.2, 0.25) is 0 Å². The molecule has 0 spiro atoms. The Labute approximate surface area is 92.6 Å². The van der Waals surface area contributed by atoms with Crippen molar-refractivity contribution in [2.24, 2.45) is 5.73 Å². The molecule has 0 aliphatic heterocycles. The second-order valence-corrected chi connectivity index (χ2v) is 4.16. The van der Waals surface area contributed by atoms with Crippen molar-refractivity contribution in [3.63, 3.8) is 0 Å². The molecule has 0 heterocycles. The second-order valence-electron chi connectivity index (χ2n) is 3.31. The zero-order chi connectivity index (χ0) is 10.7. The topological polar surface area (TPSA) is 43.1 Å². The average molecular weight is 256 g/mol. The molecule has 3 heteroatoms. The smallest absolute Gasteiger partial charge is 0.164 e. The van der Waals surface area contributed by atoms with E-state index in [1.54, 1.807) is 0 Å². The molecule has 76 valence electrons. The molecule has 1 aromatic carbocycles. The fourth-order valence-corrected chi connectivity index (χ4v) is 1.79. The minimum Gasteiger partial charge on any atom is -0.330 e. The van der Waals surface area contributed by atoms with Crippen LogP contribution < -0.4 is 5.73 Å². The van der Waals surface area contributed by atoms with Gasteiger partial charge in [-0.1, -0.05) is 22.0 Å². The highest BCUT2D eigenvalue weighted by atomic mass is 79.9. The van der Waals surface area contributed by atoms with Gasteiger partial charge >= 0.3 is 0 Å². The fourth-order valence-electron chi connectivity index (χ4n) is 1.36. The number of hydrogen-bond acceptors (Lipinski definition) is 2. The standard InChI is InChI=1S/C11H14BrNO/c1-7-8(2)10(12)4-3-9(7)11(14)5-6-13/h3-4H,5-6,13H2,1-2H3. The molecule has 0 unspecified atom stereocenters. The van der Waals surface area contributed by atoms with Crippen molar-refractivity contribution in [1.82, 2.24) is 0 Å². The maximum atomic E-state index is 11.6. The lowest BCUT2D eigenvalue weighted by molar-refractivity contribution is 0.0985. The van der Waals surface area contributed by atoms with Gasteiger partial charge in [0.2, 0.25) is 0 Å². The van der Waals surface area contributed by atoms with Crippen molar-refractivity contribution < 1.29 is 4.79 Å². The molecule has 1 aromatic rings.